The molecule has 76 valence electrons. The summed E-state index contributed by atoms with van der Waals surface area (Å²) in [6.07, 6.45) is 3.80. The quantitative estimate of drug-likeness (QED) is 0.711. The number of aryl methyl sites for hydroxylation is 1. The largest absolute Gasteiger partial charge is 0.289 e. The lowest BCUT2D eigenvalue weighted by Crippen LogP contribution is -2.05. The van der Waals surface area contributed by atoms with Gasteiger partial charge in [0.2, 0.25) is 0 Å². The van der Waals surface area contributed by atoms with Crippen molar-refractivity contribution in [3.8, 4) is 0 Å². The van der Waals surface area contributed by atoms with Crippen molar-refractivity contribution in [1.82, 2.24) is 0 Å². The summed E-state index contributed by atoms with van der Waals surface area (Å²) in [5, 5.41) is 0.821. The van der Waals surface area contributed by atoms with Crippen molar-refractivity contribution in [3.05, 3.63) is 51.0 Å². The van der Waals surface area contributed by atoms with Gasteiger partial charge in [0.15, 0.2) is 5.43 Å². The minimum absolute atomic E-state index is 0.139. The topological polar surface area (TPSA) is 17.1 Å². The average molecular weight is 216 g/mol. The summed E-state index contributed by atoms with van der Waals surface area (Å²) in [5.41, 5.74) is 0.959. The highest BCUT2D eigenvalue weighted by Gasteiger charge is 2.05. The molecular weight excluding hydrogens is 204 g/mol. The fourth-order valence-electron chi connectivity index (χ4n) is 1.63. The Kier molecular flexibility index (Phi) is 2.69. The van der Waals surface area contributed by atoms with Gasteiger partial charge in [0, 0.05) is 20.5 Å². The molecule has 0 bridgehead atoms. The molecule has 0 spiro atoms. The molecule has 0 atom stereocenters. The van der Waals surface area contributed by atoms with Crippen molar-refractivity contribution >= 4 is 27.5 Å². The molecule has 2 rings (SSSR count). The Bertz CT molecular complexity index is 579. The van der Waals surface area contributed by atoms with Crippen molar-refractivity contribution in [3.63, 3.8) is 0 Å². The summed E-state index contributed by atoms with van der Waals surface area (Å²) >= 11 is 1.67. The van der Waals surface area contributed by atoms with E-state index in [0.717, 1.165) is 20.5 Å². The lowest BCUT2D eigenvalue weighted by molar-refractivity contribution is 1.52. The average Bonchev–Trinajstić information content (AvgIpc) is 2.24. The van der Waals surface area contributed by atoms with Gasteiger partial charge in [-0.3, -0.25) is 4.79 Å². The zero-order valence-electron chi connectivity index (χ0n) is 8.78. The van der Waals surface area contributed by atoms with E-state index in [9.17, 15) is 4.79 Å². The van der Waals surface area contributed by atoms with Gasteiger partial charge >= 0.3 is 0 Å². The molecule has 0 fully saturated rings. The molecule has 0 N–H and O–H groups in total. The van der Waals surface area contributed by atoms with E-state index in [1.165, 1.54) is 0 Å². The molecular formula is C13H12OS. The zero-order chi connectivity index (χ0) is 10.8. The molecule has 15 heavy (non-hydrogen) atoms. The first-order chi connectivity index (χ1) is 7.24. The highest BCUT2D eigenvalue weighted by Crippen LogP contribution is 2.21. The maximum atomic E-state index is 12.1. The smallest absolute Gasteiger partial charge is 0.195 e. The molecule has 0 aliphatic carbocycles. The van der Waals surface area contributed by atoms with Crippen LogP contribution in [0.3, 0.4) is 0 Å². The molecule has 1 nitrogen and oxygen atoms in total. The van der Waals surface area contributed by atoms with E-state index in [4.69, 9.17) is 0 Å². The number of hydrogen-bond donors (Lipinski definition) is 0. The Balaban J connectivity index is 2.90. The highest BCUT2D eigenvalue weighted by molar-refractivity contribution is 7.18. The summed E-state index contributed by atoms with van der Waals surface area (Å²) in [6, 6.07) is 7.76. The van der Waals surface area contributed by atoms with Gasteiger partial charge in [-0.1, -0.05) is 24.3 Å². The lowest BCUT2D eigenvalue weighted by atomic mass is 10.1. The van der Waals surface area contributed by atoms with Crippen LogP contribution in [-0.2, 0) is 0 Å². The SMILES string of the molecule is C/C=C\c1c(C)sc2ccccc2c1=O. The van der Waals surface area contributed by atoms with Crippen LogP contribution >= 0.6 is 11.3 Å². The maximum absolute atomic E-state index is 12.1. The van der Waals surface area contributed by atoms with E-state index in [2.05, 4.69) is 0 Å². The first-order valence-electron chi connectivity index (χ1n) is 4.89. The second-order valence-corrected chi connectivity index (χ2v) is 4.65. The van der Waals surface area contributed by atoms with E-state index in [0.29, 0.717) is 0 Å². The second-order valence-electron chi connectivity index (χ2n) is 3.40. The summed E-state index contributed by atoms with van der Waals surface area (Å²) in [7, 11) is 0. The van der Waals surface area contributed by atoms with Crippen LogP contribution in [0.4, 0.5) is 0 Å². The molecule has 0 unspecified atom stereocenters. The summed E-state index contributed by atoms with van der Waals surface area (Å²) < 4.78 is 1.06. The van der Waals surface area contributed by atoms with E-state index >= 15 is 0 Å². The Morgan fingerprint density at radius 3 is 2.73 bits per heavy atom. The standard InChI is InChI=1S/C13H12OS/c1-3-6-10-9(2)15-12-8-5-4-7-11(12)13(10)14/h3-8H,1-2H3/b6-3-. The predicted molar refractivity (Wildman–Crippen MR) is 67.5 cm³/mol. The molecule has 0 aliphatic heterocycles. The Labute approximate surface area is 92.7 Å². The summed E-state index contributed by atoms with van der Waals surface area (Å²) in [6.45, 7) is 3.92. The Morgan fingerprint density at radius 1 is 1.27 bits per heavy atom. The van der Waals surface area contributed by atoms with Gasteiger partial charge in [-0.15, -0.1) is 11.3 Å². The first kappa shape index (κ1) is 10.1. The van der Waals surface area contributed by atoms with Crippen LogP contribution in [0.1, 0.15) is 17.4 Å². The molecule has 2 aromatic rings. The molecule has 1 aromatic carbocycles. The van der Waals surface area contributed by atoms with Crippen LogP contribution in [-0.4, -0.2) is 0 Å². The number of hydrogen-bond acceptors (Lipinski definition) is 2. The van der Waals surface area contributed by atoms with Gasteiger partial charge in [-0.2, -0.15) is 0 Å². The van der Waals surface area contributed by atoms with Crippen LogP contribution in [0.15, 0.2) is 35.1 Å². The van der Waals surface area contributed by atoms with E-state index in [-0.39, 0.29) is 5.43 Å². The van der Waals surface area contributed by atoms with Gasteiger partial charge in [0.1, 0.15) is 0 Å². The second kappa shape index (κ2) is 3.99. The van der Waals surface area contributed by atoms with Crippen LogP contribution in [0.5, 0.6) is 0 Å². The molecule has 0 aliphatic rings. The fraction of sp³-hybridized carbons (Fsp3) is 0.154. The number of rotatable bonds is 1. The Hall–Kier alpha value is -1.41. The van der Waals surface area contributed by atoms with E-state index < -0.39 is 0 Å². The van der Waals surface area contributed by atoms with Crippen LogP contribution in [0, 0.1) is 6.92 Å². The third kappa shape index (κ3) is 1.73. The molecule has 1 aromatic heterocycles. The van der Waals surface area contributed by atoms with Gasteiger partial charge in [0.25, 0.3) is 0 Å². The van der Waals surface area contributed by atoms with Crippen LogP contribution < -0.4 is 5.43 Å². The molecule has 1 heterocycles. The molecule has 0 saturated heterocycles. The number of fused-ring (bicyclic) bond motifs is 1. The van der Waals surface area contributed by atoms with Crippen LogP contribution in [0.25, 0.3) is 16.2 Å². The van der Waals surface area contributed by atoms with E-state index in [1.807, 2.05) is 50.3 Å². The maximum Gasteiger partial charge on any atom is 0.195 e. The van der Waals surface area contributed by atoms with Gasteiger partial charge < -0.3 is 0 Å². The summed E-state index contributed by atoms with van der Waals surface area (Å²) in [5.74, 6) is 0. The Morgan fingerprint density at radius 2 is 2.00 bits per heavy atom. The molecule has 0 radical (unpaired) electrons. The third-order valence-electron chi connectivity index (χ3n) is 2.35. The fourth-order valence-corrected chi connectivity index (χ4v) is 2.65. The third-order valence-corrected chi connectivity index (χ3v) is 3.45. The van der Waals surface area contributed by atoms with Crippen molar-refractivity contribution in [2.45, 2.75) is 13.8 Å². The van der Waals surface area contributed by atoms with Gasteiger partial charge in [0.05, 0.1) is 0 Å². The lowest BCUT2D eigenvalue weighted by Gasteiger charge is -2.01. The van der Waals surface area contributed by atoms with Crippen molar-refractivity contribution in [2.24, 2.45) is 0 Å². The van der Waals surface area contributed by atoms with Gasteiger partial charge in [-0.25, -0.2) is 0 Å². The van der Waals surface area contributed by atoms with Crippen molar-refractivity contribution < 1.29 is 0 Å². The van der Waals surface area contributed by atoms with Gasteiger partial charge in [-0.05, 0) is 26.0 Å². The molecule has 0 amide bonds. The zero-order valence-corrected chi connectivity index (χ0v) is 9.60. The minimum Gasteiger partial charge on any atom is -0.289 e. The van der Waals surface area contributed by atoms with Crippen molar-refractivity contribution in [1.29, 1.82) is 0 Å². The van der Waals surface area contributed by atoms with Crippen LogP contribution in [0.2, 0.25) is 0 Å². The molecule has 0 saturated carbocycles. The van der Waals surface area contributed by atoms with E-state index in [1.54, 1.807) is 11.3 Å². The molecule has 2 heteroatoms. The monoisotopic (exact) mass is 216 g/mol. The number of allylic oxidation sites excluding steroid dienone is 1. The number of benzene rings is 1. The summed E-state index contributed by atoms with van der Waals surface area (Å²) in [4.78, 5) is 13.2. The first-order valence-corrected chi connectivity index (χ1v) is 5.71. The predicted octanol–water partition coefficient (Wildman–Crippen LogP) is 3.60. The van der Waals surface area contributed by atoms with Crippen molar-refractivity contribution in [2.75, 3.05) is 0 Å². The normalized spacial score (nSPS) is 11.3. The highest BCUT2D eigenvalue weighted by atomic mass is 32.1. The minimum atomic E-state index is 0.139.